The maximum Gasteiger partial charge on any atom is 0.278 e. The predicted octanol–water partition coefficient (Wildman–Crippen LogP) is 4.80. The Bertz CT molecular complexity index is 1310. The number of carbonyl (C=O) groups is 2. The zero-order valence-corrected chi connectivity index (χ0v) is 18.7. The Labute approximate surface area is 190 Å². The average molecular weight is 449 g/mol. The number of amides is 1. The van der Waals surface area contributed by atoms with Crippen LogP contribution in [0.1, 0.15) is 27.5 Å². The van der Waals surface area contributed by atoms with Crippen LogP contribution in [-0.4, -0.2) is 23.8 Å². The highest BCUT2D eigenvalue weighted by atomic mass is 35.5. The molecule has 0 radical (unpaired) electrons. The summed E-state index contributed by atoms with van der Waals surface area (Å²) in [7, 11) is 1.56. The van der Waals surface area contributed by atoms with Crippen molar-refractivity contribution >= 4 is 40.0 Å². The van der Waals surface area contributed by atoms with Crippen molar-refractivity contribution in [1.82, 2.24) is 4.98 Å². The monoisotopic (exact) mass is 448 g/mol. The summed E-state index contributed by atoms with van der Waals surface area (Å²) in [6, 6.07) is 16.7. The minimum atomic E-state index is -1.14. The van der Waals surface area contributed by atoms with Crippen LogP contribution >= 0.6 is 11.6 Å². The predicted molar refractivity (Wildman–Crippen MR) is 124 cm³/mol. The van der Waals surface area contributed by atoms with E-state index in [1.807, 2.05) is 38.1 Å². The molecule has 4 rings (SSSR count). The second-order valence-corrected chi connectivity index (χ2v) is 8.02. The lowest BCUT2D eigenvalue weighted by Gasteiger charge is -2.15. The number of H-pyrrole nitrogens is 1. The van der Waals surface area contributed by atoms with Gasteiger partial charge in [-0.2, -0.15) is 0 Å². The number of nitrogens with one attached hydrogen (secondary N) is 2. The zero-order valence-electron chi connectivity index (χ0n) is 18.0. The summed E-state index contributed by atoms with van der Waals surface area (Å²) in [5.41, 5.74) is 4.43. The maximum atomic E-state index is 13.6. The Morgan fingerprint density at radius 3 is 2.53 bits per heavy atom. The molecule has 0 fully saturated rings. The van der Waals surface area contributed by atoms with Crippen molar-refractivity contribution in [3.63, 3.8) is 0 Å². The van der Waals surface area contributed by atoms with E-state index >= 15 is 0 Å². The first kappa shape index (κ1) is 21.6. The SMILES string of the molecule is COc1ccc(C(=O)C(C(=O)Nc2cc(C)ccc2Cl)[n+]2c[nH]c3c(C)cccc32)cc1. The van der Waals surface area contributed by atoms with Gasteiger partial charge in [0.25, 0.3) is 5.91 Å². The molecule has 1 aromatic heterocycles. The largest absolute Gasteiger partial charge is 0.497 e. The molecule has 1 heterocycles. The van der Waals surface area contributed by atoms with Gasteiger partial charge in [0.05, 0.1) is 17.8 Å². The number of aromatic nitrogens is 2. The number of para-hydroxylation sites is 1. The van der Waals surface area contributed by atoms with E-state index < -0.39 is 11.9 Å². The van der Waals surface area contributed by atoms with Crippen LogP contribution in [0.5, 0.6) is 5.75 Å². The molecule has 0 saturated heterocycles. The van der Waals surface area contributed by atoms with E-state index in [1.165, 1.54) is 0 Å². The number of fused-ring (bicyclic) bond motifs is 1. The fourth-order valence-corrected chi connectivity index (χ4v) is 3.86. The molecule has 2 N–H and O–H groups in total. The molecular formula is C25H23ClN3O3+. The smallest absolute Gasteiger partial charge is 0.278 e. The standard InChI is InChI=1S/C25H22ClN3O3/c1-15-7-12-19(26)20(13-15)28-25(31)23(24(30)17-8-10-18(32-3)11-9-17)29-14-27-22-16(2)5-4-6-21(22)29/h4-14,23H,1-3H3,(H,28,31)/p+1. The van der Waals surface area contributed by atoms with Crippen molar-refractivity contribution < 1.29 is 18.9 Å². The summed E-state index contributed by atoms with van der Waals surface area (Å²) >= 11 is 6.29. The lowest BCUT2D eigenvalue weighted by atomic mass is 10.0. The quantitative estimate of drug-likeness (QED) is 0.253. The lowest BCUT2D eigenvalue weighted by Crippen LogP contribution is -2.49. The van der Waals surface area contributed by atoms with Gasteiger partial charge in [0.2, 0.25) is 18.2 Å². The Hall–Kier alpha value is -3.64. The minimum absolute atomic E-state index is 0.346. The van der Waals surface area contributed by atoms with E-state index in [9.17, 15) is 9.59 Å². The van der Waals surface area contributed by atoms with E-state index in [0.29, 0.717) is 22.0 Å². The zero-order chi connectivity index (χ0) is 22.8. The van der Waals surface area contributed by atoms with Crippen LogP contribution in [0.2, 0.25) is 5.02 Å². The van der Waals surface area contributed by atoms with E-state index in [2.05, 4.69) is 10.3 Å². The van der Waals surface area contributed by atoms with Crippen molar-refractivity contribution in [3.05, 3.63) is 88.7 Å². The number of hydrogen-bond donors (Lipinski definition) is 2. The molecular weight excluding hydrogens is 426 g/mol. The first-order chi connectivity index (χ1) is 15.4. The number of hydrogen-bond acceptors (Lipinski definition) is 3. The third-order valence-electron chi connectivity index (χ3n) is 5.41. The number of rotatable bonds is 6. The topological polar surface area (TPSA) is 75.1 Å². The van der Waals surface area contributed by atoms with Gasteiger partial charge in [0.1, 0.15) is 5.75 Å². The first-order valence-corrected chi connectivity index (χ1v) is 10.5. The molecule has 1 atom stereocenters. The number of aryl methyl sites for hydroxylation is 2. The van der Waals surface area contributed by atoms with Crippen molar-refractivity contribution in [2.24, 2.45) is 0 Å². The van der Waals surface area contributed by atoms with E-state index in [0.717, 1.165) is 22.2 Å². The van der Waals surface area contributed by atoms with Crippen LogP contribution in [0.15, 0.2) is 67.0 Å². The number of ketones is 1. The third kappa shape index (κ3) is 4.09. The summed E-state index contributed by atoms with van der Waals surface area (Å²) in [5, 5.41) is 3.24. The second-order valence-electron chi connectivity index (χ2n) is 7.62. The number of methoxy groups -OCH3 is 1. The minimum Gasteiger partial charge on any atom is -0.497 e. The highest BCUT2D eigenvalue weighted by molar-refractivity contribution is 6.34. The molecule has 0 aliphatic rings. The number of carbonyl (C=O) groups excluding carboxylic acids is 2. The summed E-state index contributed by atoms with van der Waals surface area (Å²) in [6.07, 6.45) is 1.65. The number of halogens is 1. The normalized spacial score (nSPS) is 11.9. The van der Waals surface area contributed by atoms with Gasteiger partial charge >= 0.3 is 0 Å². The molecule has 3 aromatic carbocycles. The van der Waals surface area contributed by atoms with E-state index in [4.69, 9.17) is 16.3 Å². The van der Waals surface area contributed by atoms with Gasteiger partial charge < -0.3 is 10.1 Å². The van der Waals surface area contributed by atoms with Gasteiger partial charge in [-0.3, -0.25) is 9.59 Å². The lowest BCUT2D eigenvalue weighted by molar-refractivity contribution is -0.668. The van der Waals surface area contributed by atoms with Gasteiger partial charge in [-0.05, 0) is 61.9 Å². The molecule has 0 spiro atoms. The summed E-state index contributed by atoms with van der Waals surface area (Å²) in [6.45, 7) is 3.87. The number of imidazole rings is 1. The Balaban J connectivity index is 1.79. The number of nitrogens with zero attached hydrogens (tertiary/aromatic N) is 1. The van der Waals surface area contributed by atoms with Crippen LogP contribution in [0.3, 0.4) is 0 Å². The fourth-order valence-electron chi connectivity index (χ4n) is 3.69. The van der Waals surface area contributed by atoms with Crippen LogP contribution in [0.25, 0.3) is 11.0 Å². The van der Waals surface area contributed by atoms with E-state index in [1.54, 1.807) is 54.4 Å². The second kappa shape index (κ2) is 8.85. The Morgan fingerprint density at radius 1 is 1.06 bits per heavy atom. The third-order valence-corrected chi connectivity index (χ3v) is 5.74. The van der Waals surface area contributed by atoms with Crippen LogP contribution in [-0.2, 0) is 4.79 Å². The molecule has 4 aromatic rings. The van der Waals surface area contributed by atoms with Gasteiger partial charge in [0, 0.05) is 11.1 Å². The number of anilines is 1. The van der Waals surface area contributed by atoms with E-state index in [-0.39, 0.29) is 5.78 Å². The van der Waals surface area contributed by atoms with Gasteiger partial charge in [-0.15, -0.1) is 0 Å². The molecule has 6 nitrogen and oxygen atoms in total. The molecule has 0 bridgehead atoms. The molecule has 0 aliphatic carbocycles. The average Bonchev–Trinajstić information content (AvgIpc) is 3.21. The van der Waals surface area contributed by atoms with Crippen molar-refractivity contribution in [1.29, 1.82) is 0 Å². The number of benzene rings is 3. The summed E-state index contributed by atoms with van der Waals surface area (Å²) in [5.74, 6) is -0.198. The molecule has 1 amide bonds. The van der Waals surface area contributed by atoms with Crippen LogP contribution in [0, 0.1) is 13.8 Å². The van der Waals surface area contributed by atoms with Gasteiger partial charge in [-0.1, -0.05) is 29.8 Å². The van der Waals surface area contributed by atoms with Crippen molar-refractivity contribution in [2.45, 2.75) is 19.9 Å². The first-order valence-electron chi connectivity index (χ1n) is 10.1. The van der Waals surface area contributed by atoms with Crippen LogP contribution < -0.4 is 14.6 Å². The maximum absolute atomic E-state index is 13.6. The van der Waals surface area contributed by atoms with Gasteiger partial charge in [0.15, 0.2) is 11.0 Å². The summed E-state index contributed by atoms with van der Waals surface area (Å²) in [4.78, 5) is 30.3. The molecule has 0 aliphatic heterocycles. The highest BCUT2D eigenvalue weighted by Crippen LogP contribution is 2.25. The summed E-state index contributed by atoms with van der Waals surface area (Å²) < 4.78 is 6.85. The molecule has 0 saturated carbocycles. The molecule has 7 heteroatoms. The number of ether oxygens (including phenoxy) is 1. The Kier molecular flexibility index (Phi) is 5.97. The van der Waals surface area contributed by atoms with Gasteiger partial charge in [-0.25, -0.2) is 9.55 Å². The highest BCUT2D eigenvalue weighted by Gasteiger charge is 2.36. The number of Topliss-reactive ketones (excluding diaryl/α,β-unsaturated/α-hetero) is 1. The van der Waals surface area contributed by atoms with Crippen LogP contribution in [0.4, 0.5) is 5.69 Å². The molecule has 162 valence electrons. The Morgan fingerprint density at radius 2 is 1.81 bits per heavy atom. The molecule has 32 heavy (non-hydrogen) atoms. The number of aromatic amines is 1. The van der Waals surface area contributed by atoms with Crippen molar-refractivity contribution in [2.75, 3.05) is 12.4 Å². The van der Waals surface area contributed by atoms with Crippen molar-refractivity contribution in [3.8, 4) is 5.75 Å². The molecule has 1 unspecified atom stereocenters. The fraction of sp³-hybridized carbons (Fsp3) is 0.160.